The van der Waals surface area contributed by atoms with Crippen LogP contribution in [-0.2, 0) is 0 Å². The van der Waals surface area contributed by atoms with Crippen molar-refractivity contribution in [1.82, 2.24) is 9.88 Å². The summed E-state index contributed by atoms with van der Waals surface area (Å²) in [6, 6.07) is 59.0. The van der Waals surface area contributed by atoms with Crippen molar-refractivity contribution < 1.29 is 4.42 Å². The Balaban J connectivity index is 1.18. The van der Waals surface area contributed by atoms with Crippen molar-refractivity contribution in [3.05, 3.63) is 187 Å². The van der Waals surface area contributed by atoms with Gasteiger partial charge in [-0.1, -0.05) is 140 Å². The van der Waals surface area contributed by atoms with Gasteiger partial charge >= 0.3 is 0 Å². The molecule has 236 valence electrons. The number of para-hydroxylation sites is 3. The van der Waals surface area contributed by atoms with E-state index in [0.29, 0.717) is 0 Å². The van der Waals surface area contributed by atoms with Crippen molar-refractivity contribution in [2.45, 2.75) is 6.17 Å². The molecule has 1 N–H and O–H groups in total. The van der Waals surface area contributed by atoms with Crippen LogP contribution in [0.15, 0.2) is 184 Å². The summed E-state index contributed by atoms with van der Waals surface area (Å²) in [5.74, 6) is 1.53. The molecule has 0 radical (unpaired) electrons. The van der Waals surface area contributed by atoms with Gasteiger partial charge in [0.05, 0.1) is 11.0 Å². The SMILES string of the molecule is c1ccc(C2=NC(c3ccc4c5ccccc5n(-c5ccccc5)c4c3)N=C(c3cccc4oc5c(-c6ccccc6)cccc5c34)N2)cc1. The van der Waals surface area contributed by atoms with Gasteiger partial charge in [-0.2, -0.15) is 0 Å². The number of fused-ring (bicyclic) bond motifs is 6. The van der Waals surface area contributed by atoms with Gasteiger partial charge in [0, 0.05) is 49.5 Å². The smallest absolute Gasteiger partial charge is 0.169 e. The van der Waals surface area contributed by atoms with Crippen LogP contribution in [0.25, 0.3) is 60.6 Å². The first-order chi connectivity index (χ1) is 24.8. The van der Waals surface area contributed by atoms with Crippen LogP contribution in [0.5, 0.6) is 0 Å². The Morgan fingerprint density at radius 1 is 0.500 bits per heavy atom. The van der Waals surface area contributed by atoms with Crippen LogP contribution >= 0.6 is 0 Å². The van der Waals surface area contributed by atoms with E-state index >= 15 is 0 Å². The first-order valence-electron chi connectivity index (χ1n) is 16.9. The van der Waals surface area contributed by atoms with Crippen molar-refractivity contribution >= 4 is 55.4 Å². The second-order valence-corrected chi connectivity index (χ2v) is 12.6. The molecule has 1 atom stereocenters. The number of aliphatic imine (C=N–C) groups is 2. The number of nitrogens with zero attached hydrogens (tertiary/aromatic N) is 3. The van der Waals surface area contributed by atoms with E-state index in [1.807, 2.05) is 36.4 Å². The summed E-state index contributed by atoms with van der Waals surface area (Å²) in [6.07, 6.45) is -0.471. The minimum absolute atomic E-state index is 0.471. The third-order valence-corrected chi connectivity index (χ3v) is 9.66. The summed E-state index contributed by atoms with van der Waals surface area (Å²) >= 11 is 0. The third kappa shape index (κ3) is 4.55. The van der Waals surface area contributed by atoms with Gasteiger partial charge in [-0.05, 0) is 35.9 Å². The maximum Gasteiger partial charge on any atom is 0.169 e. The van der Waals surface area contributed by atoms with Crippen molar-refractivity contribution in [2.24, 2.45) is 9.98 Å². The van der Waals surface area contributed by atoms with Gasteiger partial charge in [0.15, 0.2) is 6.17 Å². The Kier molecular flexibility index (Phi) is 6.49. The molecule has 0 aliphatic carbocycles. The predicted molar refractivity (Wildman–Crippen MR) is 205 cm³/mol. The molecule has 0 saturated heterocycles. The molecule has 7 aromatic carbocycles. The number of nitrogens with one attached hydrogen (secondary N) is 1. The third-order valence-electron chi connectivity index (χ3n) is 9.66. The number of amidine groups is 2. The summed E-state index contributed by atoms with van der Waals surface area (Å²) in [5.41, 5.74) is 10.3. The van der Waals surface area contributed by atoms with Crippen LogP contribution in [-0.4, -0.2) is 16.2 Å². The molecule has 0 saturated carbocycles. The lowest BCUT2D eigenvalue weighted by atomic mass is 10.00. The molecular weight excluding hydrogens is 613 g/mol. The second kappa shape index (κ2) is 11.5. The number of hydrogen-bond donors (Lipinski definition) is 1. The number of aromatic nitrogens is 1. The van der Waals surface area contributed by atoms with E-state index < -0.39 is 6.17 Å². The first-order valence-corrected chi connectivity index (χ1v) is 16.9. The molecular formula is C45H30N4O. The van der Waals surface area contributed by atoms with Gasteiger partial charge in [-0.25, -0.2) is 9.98 Å². The van der Waals surface area contributed by atoms with Crippen molar-refractivity contribution in [2.75, 3.05) is 0 Å². The van der Waals surface area contributed by atoms with E-state index in [9.17, 15) is 0 Å². The summed E-state index contributed by atoms with van der Waals surface area (Å²) in [7, 11) is 0. The van der Waals surface area contributed by atoms with Crippen LogP contribution in [0, 0.1) is 0 Å². The minimum atomic E-state index is -0.471. The van der Waals surface area contributed by atoms with Crippen LogP contribution in [0.3, 0.4) is 0 Å². The molecule has 1 aliphatic heterocycles. The van der Waals surface area contributed by atoms with Crippen LogP contribution in [0.1, 0.15) is 22.9 Å². The molecule has 3 heterocycles. The molecule has 5 nitrogen and oxygen atoms in total. The fourth-order valence-electron chi connectivity index (χ4n) is 7.37. The van der Waals surface area contributed by atoms with Gasteiger partial charge < -0.3 is 14.3 Å². The summed E-state index contributed by atoms with van der Waals surface area (Å²) in [5, 5.41) is 8.12. The van der Waals surface area contributed by atoms with E-state index in [4.69, 9.17) is 14.4 Å². The highest BCUT2D eigenvalue weighted by molar-refractivity contribution is 6.24. The van der Waals surface area contributed by atoms with E-state index in [2.05, 4.69) is 143 Å². The molecule has 0 spiro atoms. The van der Waals surface area contributed by atoms with E-state index in [1.165, 1.54) is 16.3 Å². The Bertz CT molecular complexity index is 2780. The highest BCUT2D eigenvalue weighted by atomic mass is 16.3. The standard InChI is InChI=1S/C45H30N4O/c1-4-14-29(15-5-1)33-21-12-22-36-41-37(23-13-25-40(41)50-42(33)36)45-47-43(30-16-6-2-7-17-30)46-44(48-45)31-26-27-35-34-20-10-11-24-38(34)49(39(35)28-31)32-18-8-3-9-19-32/h1-28,44H,(H,46,47,48). The molecule has 10 rings (SSSR count). The number of hydrogen-bond acceptors (Lipinski definition) is 4. The Morgan fingerprint density at radius 3 is 1.96 bits per heavy atom. The minimum Gasteiger partial charge on any atom is -0.455 e. The van der Waals surface area contributed by atoms with Crippen LogP contribution in [0.4, 0.5) is 0 Å². The first kappa shape index (κ1) is 28.3. The molecule has 1 aliphatic rings. The van der Waals surface area contributed by atoms with E-state index in [1.54, 1.807) is 0 Å². The average molecular weight is 643 g/mol. The molecule has 0 amide bonds. The summed E-state index contributed by atoms with van der Waals surface area (Å²) in [6.45, 7) is 0. The second-order valence-electron chi connectivity index (χ2n) is 12.6. The van der Waals surface area contributed by atoms with Gasteiger partial charge in [-0.15, -0.1) is 0 Å². The Labute approximate surface area is 288 Å². The lowest BCUT2D eigenvalue weighted by Crippen LogP contribution is -2.36. The largest absolute Gasteiger partial charge is 0.455 e. The maximum absolute atomic E-state index is 6.61. The van der Waals surface area contributed by atoms with Crippen LogP contribution in [0.2, 0.25) is 0 Å². The normalized spacial score (nSPS) is 14.6. The van der Waals surface area contributed by atoms with E-state index in [0.717, 1.165) is 72.6 Å². The van der Waals surface area contributed by atoms with Gasteiger partial charge in [0.2, 0.25) is 0 Å². The highest BCUT2D eigenvalue weighted by Crippen LogP contribution is 2.39. The molecule has 50 heavy (non-hydrogen) atoms. The molecule has 9 aromatic rings. The van der Waals surface area contributed by atoms with Gasteiger partial charge in [0.25, 0.3) is 0 Å². The molecule has 0 fully saturated rings. The van der Waals surface area contributed by atoms with Crippen LogP contribution < -0.4 is 5.32 Å². The Hall–Kier alpha value is -6.72. The van der Waals surface area contributed by atoms with Crippen molar-refractivity contribution in [3.8, 4) is 16.8 Å². The molecule has 0 bridgehead atoms. The van der Waals surface area contributed by atoms with Crippen molar-refractivity contribution in [1.29, 1.82) is 0 Å². The fourth-order valence-corrected chi connectivity index (χ4v) is 7.37. The zero-order valence-corrected chi connectivity index (χ0v) is 27.0. The fraction of sp³-hybridized carbons (Fsp3) is 0.0222. The maximum atomic E-state index is 6.61. The number of furan rings is 1. The van der Waals surface area contributed by atoms with Gasteiger partial charge in [0.1, 0.15) is 22.8 Å². The van der Waals surface area contributed by atoms with Gasteiger partial charge in [-0.3, -0.25) is 0 Å². The predicted octanol–water partition coefficient (Wildman–Crippen LogP) is 10.8. The average Bonchev–Trinajstić information content (AvgIpc) is 3.74. The Morgan fingerprint density at radius 2 is 1.14 bits per heavy atom. The number of benzene rings is 7. The van der Waals surface area contributed by atoms with E-state index in [-0.39, 0.29) is 0 Å². The molecule has 5 heteroatoms. The lowest BCUT2D eigenvalue weighted by molar-refractivity contribution is 0.670. The zero-order valence-electron chi connectivity index (χ0n) is 27.0. The monoisotopic (exact) mass is 642 g/mol. The quantitative estimate of drug-likeness (QED) is 0.203. The zero-order chi connectivity index (χ0) is 33.0. The summed E-state index contributed by atoms with van der Waals surface area (Å²) < 4.78 is 8.95. The highest BCUT2D eigenvalue weighted by Gasteiger charge is 2.25. The van der Waals surface area contributed by atoms with Crippen molar-refractivity contribution in [3.63, 3.8) is 0 Å². The summed E-state index contributed by atoms with van der Waals surface area (Å²) in [4.78, 5) is 10.6. The molecule has 2 aromatic heterocycles. The molecule has 1 unspecified atom stereocenters. The topological polar surface area (TPSA) is 54.8 Å². The number of rotatable bonds is 5. The lowest BCUT2D eigenvalue weighted by Gasteiger charge is -2.23.